The Morgan fingerprint density at radius 3 is 2.41 bits per heavy atom. The average molecular weight is 386 g/mol. The lowest BCUT2D eigenvalue weighted by Gasteiger charge is -2.24. The number of hydrogen-bond acceptors (Lipinski definition) is 3. The molecule has 0 radical (unpaired) electrons. The highest BCUT2D eigenvalue weighted by Crippen LogP contribution is 2.32. The third-order valence-corrected chi connectivity index (χ3v) is 5.04. The van der Waals surface area contributed by atoms with E-state index in [0.717, 1.165) is 24.4 Å². The van der Waals surface area contributed by atoms with Crippen LogP contribution in [0, 0.1) is 0 Å². The Morgan fingerprint density at radius 1 is 1.11 bits per heavy atom. The van der Waals surface area contributed by atoms with E-state index in [-0.39, 0.29) is 17.9 Å². The van der Waals surface area contributed by atoms with Gasteiger partial charge in [-0.25, -0.2) is 0 Å². The van der Waals surface area contributed by atoms with Gasteiger partial charge in [0.05, 0.1) is 6.54 Å². The topological polar surface area (TPSA) is 52.7 Å². The number of benzene rings is 2. The number of carbonyl (C=O) groups is 2. The van der Waals surface area contributed by atoms with Gasteiger partial charge in [0, 0.05) is 36.4 Å². The van der Waals surface area contributed by atoms with E-state index in [1.165, 1.54) is 10.5 Å². The molecule has 1 fully saturated rings. The van der Waals surface area contributed by atoms with Gasteiger partial charge in [0.15, 0.2) is 0 Å². The average Bonchev–Trinajstić information content (AvgIpc) is 3.10. The molecule has 2 amide bonds. The smallest absolute Gasteiger partial charge is 0.253 e. The number of halogens is 1. The normalized spacial score (nSPS) is 16.9. The molecule has 2 aromatic carbocycles. The summed E-state index contributed by atoms with van der Waals surface area (Å²) < 4.78 is 0. The van der Waals surface area contributed by atoms with Crippen LogP contribution in [0.25, 0.3) is 0 Å². The predicted octanol–water partition coefficient (Wildman–Crippen LogP) is 3.82. The summed E-state index contributed by atoms with van der Waals surface area (Å²) in [5.41, 5.74) is 2.48. The minimum absolute atomic E-state index is 0.0532. The summed E-state index contributed by atoms with van der Waals surface area (Å²) in [4.78, 5) is 28.1. The van der Waals surface area contributed by atoms with Gasteiger partial charge in [-0.15, -0.1) is 0 Å². The molecule has 6 heteroatoms. The Hall–Kier alpha value is -2.37. The molecule has 0 aromatic heterocycles. The molecule has 142 valence electrons. The lowest BCUT2D eigenvalue weighted by molar-refractivity contribution is -0.117. The Bertz CT molecular complexity index is 803. The molecule has 2 aromatic rings. The fraction of sp³-hybridized carbons (Fsp3) is 0.333. The van der Waals surface area contributed by atoms with E-state index in [4.69, 9.17) is 11.6 Å². The van der Waals surface area contributed by atoms with Crippen LogP contribution in [0.1, 0.15) is 34.8 Å². The van der Waals surface area contributed by atoms with Gasteiger partial charge in [0.1, 0.15) is 0 Å². The zero-order valence-electron chi connectivity index (χ0n) is 15.6. The SMILES string of the molecule is CN(C)C(=O)c1ccc(NC(=O)CN2CCC[C@@H]2c2ccc(Cl)cc2)cc1. The quantitative estimate of drug-likeness (QED) is 0.851. The third kappa shape index (κ3) is 4.87. The summed E-state index contributed by atoms with van der Waals surface area (Å²) in [6.45, 7) is 1.24. The first-order valence-corrected chi connectivity index (χ1v) is 9.43. The lowest BCUT2D eigenvalue weighted by Crippen LogP contribution is -2.33. The number of amides is 2. The lowest BCUT2D eigenvalue weighted by atomic mass is 10.0. The second-order valence-electron chi connectivity index (χ2n) is 7.01. The predicted molar refractivity (Wildman–Crippen MR) is 108 cm³/mol. The van der Waals surface area contributed by atoms with E-state index in [0.29, 0.717) is 17.8 Å². The Kier molecular flexibility index (Phi) is 6.14. The minimum Gasteiger partial charge on any atom is -0.345 e. The van der Waals surface area contributed by atoms with Gasteiger partial charge in [-0.1, -0.05) is 23.7 Å². The molecule has 0 unspecified atom stereocenters. The number of likely N-dealkylation sites (tertiary alicyclic amines) is 1. The van der Waals surface area contributed by atoms with Crippen molar-refractivity contribution in [3.05, 3.63) is 64.7 Å². The van der Waals surface area contributed by atoms with Gasteiger partial charge in [-0.05, 0) is 61.3 Å². The fourth-order valence-corrected chi connectivity index (χ4v) is 3.54. The van der Waals surface area contributed by atoms with Gasteiger partial charge in [-0.2, -0.15) is 0 Å². The Labute approximate surface area is 164 Å². The molecule has 1 N–H and O–H groups in total. The van der Waals surface area contributed by atoms with Crippen molar-refractivity contribution >= 4 is 29.1 Å². The van der Waals surface area contributed by atoms with Crippen molar-refractivity contribution in [1.82, 2.24) is 9.80 Å². The largest absolute Gasteiger partial charge is 0.345 e. The molecule has 5 nitrogen and oxygen atoms in total. The third-order valence-electron chi connectivity index (χ3n) is 4.79. The Balaban J connectivity index is 1.60. The van der Waals surface area contributed by atoms with Crippen LogP contribution in [0.3, 0.4) is 0 Å². The molecule has 0 spiro atoms. The van der Waals surface area contributed by atoms with E-state index in [9.17, 15) is 9.59 Å². The number of rotatable bonds is 5. The molecular weight excluding hydrogens is 362 g/mol. The van der Waals surface area contributed by atoms with E-state index < -0.39 is 0 Å². The highest BCUT2D eigenvalue weighted by molar-refractivity contribution is 6.30. The zero-order chi connectivity index (χ0) is 19.4. The maximum Gasteiger partial charge on any atom is 0.253 e. The van der Waals surface area contributed by atoms with Crippen molar-refractivity contribution in [2.45, 2.75) is 18.9 Å². The molecule has 0 aliphatic carbocycles. The molecule has 1 atom stereocenters. The first-order chi connectivity index (χ1) is 12.9. The Morgan fingerprint density at radius 2 is 1.78 bits per heavy atom. The van der Waals surface area contributed by atoms with E-state index >= 15 is 0 Å². The van der Waals surface area contributed by atoms with Crippen LogP contribution < -0.4 is 5.32 Å². The van der Waals surface area contributed by atoms with Crippen LogP contribution in [-0.4, -0.2) is 48.8 Å². The molecular formula is C21H24ClN3O2. The molecule has 27 heavy (non-hydrogen) atoms. The van der Waals surface area contributed by atoms with Crippen molar-refractivity contribution in [1.29, 1.82) is 0 Å². The molecule has 3 rings (SSSR count). The fourth-order valence-electron chi connectivity index (χ4n) is 3.42. The van der Waals surface area contributed by atoms with Crippen molar-refractivity contribution in [2.24, 2.45) is 0 Å². The summed E-state index contributed by atoms with van der Waals surface area (Å²) in [7, 11) is 3.43. The van der Waals surface area contributed by atoms with Gasteiger partial charge < -0.3 is 10.2 Å². The van der Waals surface area contributed by atoms with Crippen LogP contribution in [0.15, 0.2) is 48.5 Å². The number of carbonyl (C=O) groups excluding carboxylic acids is 2. The summed E-state index contributed by atoms with van der Waals surface area (Å²) >= 11 is 5.98. The van der Waals surface area contributed by atoms with Gasteiger partial charge in [-0.3, -0.25) is 14.5 Å². The monoisotopic (exact) mass is 385 g/mol. The second-order valence-corrected chi connectivity index (χ2v) is 7.44. The van der Waals surface area contributed by atoms with Crippen LogP contribution in [-0.2, 0) is 4.79 Å². The highest BCUT2D eigenvalue weighted by Gasteiger charge is 2.27. The van der Waals surface area contributed by atoms with Crippen molar-refractivity contribution in [3.8, 4) is 0 Å². The van der Waals surface area contributed by atoms with Crippen molar-refractivity contribution in [3.63, 3.8) is 0 Å². The summed E-state index contributed by atoms with van der Waals surface area (Å²) in [6, 6.07) is 15.1. The molecule has 0 bridgehead atoms. The van der Waals surface area contributed by atoms with Gasteiger partial charge >= 0.3 is 0 Å². The number of nitrogens with one attached hydrogen (secondary N) is 1. The van der Waals surface area contributed by atoms with Crippen LogP contribution in [0.5, 0.6) is 0 Å². The van der Waals surface area contributed by atoms with Gasteiger partial charge in [0.2, 0.25) is 5.91 Å². The van der Waals surface area contributed by atoms with E-state index in [2.05, 4.69) is 10.2 Å². The maximum absolute atomic E-state index is 12.5. The van der Waals surface area contributed by atoms with E-state index in [1.807, 2.05) is 24.3 Å². The van der Waals surface area contributed by atoms with Crippen molar-refractivity contribution < 1.29 is 9.59 Å². The molecule has 1 aliphatic heterocycles. The first kappa shape index (κ1) is 19.4. The van der Waals surface area contributed by atoms with Gasteiger partial charge in [0.25, 0.3) is 5.91 Å². The standard InChI is InChI=1S/C21H24ClN3O2/c1-24(2)21(27)16-7-11-18(12-8-16)23-20(26)14-25-13-3-4-19(25)15-5-9-17(22)10-6-15/h5-12,19H,3-4,13-14H2,1-2H3,(H,23,26)/t19-/m1/s1. The molecule has 0 saturated carbocycles. The molecule has 1 saturated heterocycles. The summed E-state index contributed by atoms with van der Waals surface area (Å²) in [6.07, 6.45) is 2.11. The van der Waals surface area contributed by atoms with Crippen LogP contribution in [0.2, 0.25) is 5.02 Å². The molecule has 1 heterocycles. The first-order valence-electron chi connectivity index (χ1n) is 9.05. The number of nitrogens with zero attached hydrogens (tertiary/aromatic N) is 2. The minimum atomic E-state index is -0.0595. The summed E-state index contributed by atoms with van der Waals surface area (Å²) in [5, 5.41) is 3.64. The second kappa shape index (κ2) is 8.55. The van der Waals surface area contributed by atoms with Crippen molar-refractivity contribution in [2.75, 3.05) is 32.5 Å². The van der Waals surface area contributed by atoms with E-state index in [1.54, 1.807) is 38.4 Å². The zero-order valence-corrected chi connectivity index (χ0v) is 16.4. The van der Waals surface area contributed by atoms with Crippen LogP contribution >= 0.6 is 11.6 Å². The highest BCUT2D eigenvalue weighted by atomic mass is 35.5. The summed E-state index contributed by atoms with van der Waals surface area (Å²) in [5.74, 6) is -0.113. The van der Waals surface area contributed by atoms with Crippen LogP contribution in [0.4, 0.5) is 5.69 Å². The molecule has 1 aliphatic rings. The number of anilines is 1. The number of hydrogen-bond donors (Lipinski definition) is 1. The maximum atomic E-state index is 12.5.